The van der Waals surface area contributed by atoms with E-state index in [9.17, 15) is 4.39 Å². The molecular formula is C24H38FN. The van der Waals surface area contributed by atoms with Crippen molar-refractivity contribution in [1.29, 1.82) is 5.26 Å². The lowest BCUT2D eigenvalue weighted by Crippen LogP contribution is -2.26. The Hall–Kier alpha value is -0.840. The van der Waals surface area contributed by atoms with Crippen LogP contribution in [0.25, 0.3) is 0 Å². The van der Waals surface area contributed by atoms with E-state index in [1.807, 2.05) is 0 Å². The summed E-state index contributed by atoms with van der Waals surface area (Å²) >= 11 is 0. The average molecular weight is 364 g/mol. The van der Waals surface area contributed by atoms with Gasteiger partial charge in [0.05, 0.1) is 13.4 Å². The molecule has 0 amide bonds. The summed E-state index contributed by atoms with van der Waals surface area (Å²) in [5, 5.41) is 9.05. The van der Waals surface area contributed by atoms with Gasteiger partial charge < -0.3 is 0 Å². The molecule has 0 aromatic rings. The van der Waals surface area contributed by atoms with Gasteiger partial charge in [0.2, 0.25) is 0 Å². The van der Waals surface area contributed by atoms with Gasteiger partial charge in [-0.2, -0.15) is 5.26 Å². The maximum absolute atomic E-state index is 14.8. The highest BCUT2D eigenvalue weighted by molar-refractivity contribution is 5.10. The smallest absolute Gasteiger partial charge is 0.120 e. The highest BCUT2D eigenvalue weighted by Gasteiger charge is 2.31. The number of hydrogen-bond acceptors (Lipinski definition) is 1. The summed E-state index contributed by atoms with van der Waals surface area (Å²) in [5.74, 6) is -0.167. The van der Waals surface area contributed by atoms with Crippen LogP contribution in [0.1, 0.15) is 95.8 Å². The predicted molar refractivity (Wildman–Crippen MR) is 106 cm³/mol. The van der Waals surface area contributed by atoms with Crippen LogP contribution >= 0.6 is 0 Å². The van der Waals surface area contributed by atoms with Crippen LogP contribution in [0, 0.1) is 46.8 Å². The van der Waals surface area contributed by atoms with Crippen molar-refractivity contribution in [2.24, 2.45) is 35.5 Å². The van der Waals surface area contributed by atoms with Crippen molar-refractivity contribution in [3.05, 3.63) is 12.2 Å². The third-order valence-corrected chi connectivity index (χ3v) is 7.15. The van der Waals surface area contributed by atoms with Crippen molar-refractivity contribution in [3.8, 4) is 6.07 Å². The Labute approximate surface area is 166 Å². The Morgan fingerprint density at radius 2 is 1.54 bits per heavy atom. The van der Waals surface area contributed by atoms with E-state index in [2.05, 4.69) is 6.92 Å². The van der Waals surface area contributed by atoms with E-state index < -0.39 is 24.3 Å². The number of halogens is 1. The molecule has 3 unspecified atom stereocenters. The lowest BCUT2D eigenvalue weighted by atomic mass is 9.68. The molecule has 26 heavy (non-hydrogen) atoms. The first-order valence-electron chi connectivity index (χ1n) is 12.9. The minimum atomic E-state index is -3.09. The van der Waals surface area contributed by atoms with Crippen molar-refractivity contribution in [3.63, 3.8) is 0 Å². The molecule has 0 spiro atoms. The topological polar surface area (TPSA) is 23.8 Å². The molecule has 1 nitrogen and oxygen atoms in total. The Bertz CT molecular complexity index is 642. The zero-order valence-corrected chi connectivity index (χ0v) is 16.4. The number of hydrogen-bond donors (Lipinski definition) is 0. The third kappa shape index (κ3) is 5.34. The summed E-state index contributed by atoms with van der Waals surface area (Å²) in [6, 6.07) is 1.67. The zero-order valence-electron chi connectivity index (χ0n) is 20.4. The molecule has 3 aliphatic rings. The molecule has 0 aromatic carbocycles. The van der Waals surface area contributed by atoms with E-state index >= 15 is 0 Å². The summed E-state index contributed by atoms with van der Waals surface area (Å²) < 4.78 is 47.5. The van der Waals surface area contributed by atoms with Crippen LogP contribution in [0.5, 0.6) is 0 Å². The summed E-state index contributed by atoms with van der Waals surface area (Å²) in [4.78, 5) is 0. The Balaban J connectivity index is 1.50. The molecule has 0 aliphatic heterocycles. The van der Waals surface area contributed by atoms with Gasteiger partial charge in [0.1, 0.15) is 6.15 Å². The van der Waals surface area contributed by atoms with E-state index in [0.717, 1.165) is 30.6 Å². The lowest BCUT2D eigenvalue weighted by Gasteiger charge is -2.38. The van der Waals surface area contributed by atoms with Gasteiger partial charge in [-0.15, -0.1) is 0 Å². The minimum absolute atomic E-state index is 0.205. The molecule has 0 N–H and O–H groups in total. The normalized spacial score (nSPS) is 50.7. The maximum atomic E-state index is 14.8. The van der Waals surface area contributed by atoms with Crippen molar-refractivity contribution >= 4 is 0 Å². The van der Waals surface area contributed by atoms with Crippen LogP contribution in [0.4, 0.5) is 4.39 Å². The molecule has 0 aromatic heterocycles. The zero-order chi connectivity index (χ0) is 22.0. The first-order chi connectivity index (χ1) is 14.1. The number of rotatable bonds is 6. The summed E-state index contributed by atoms with van der Waals surface area (Å²) in [5.41, 5.74) is 0. The van der Waals surface area contributed by atoms with Gasteiger partial charge in [-0.1, -0.05) is 57.6 Å². The summed E-state index contributed by atoms with van der Waals surface area (Å²) in [6.07, 6.45) is 10.6. The van der Waals surface area contributed by atoms with Crippen molar-refractivity contribution < 1.29 is 9.87 Å². The van der Waals surface area contributed by atoms with Crippen LogP contribution in [-0.4, -0.2) is 6.15 Å². The van der Waals surface area contributed by atoms with Crippen LogP contribution in [-0.2, 0) is 0 Å². The molecule has 0 saturated heterocycles. The fourth-order valence-corrected chi connectivity index (χ4v) is 5.48. The van der Waals surface area contributed by atoms with Crippen molar-refractivity contribution in [2.75, 3.05) is 0 Å². The molecule has 2 fully saturated rings. The molecule has 3 atom stereocenters. The van der Waals surface area contributed by atoms with E-state index in [1.54, 1.807) is 6.07 Å². The largest absolute Gasteiger partial charge is 0.246 e. The van der Waals surface area contributed by atoms with E-state index in [0.29, 0.717) is 12.3 Å². The molecule has 2 saturated carbocycles. The first-order valence-corrected chi connectivity index (χ1v) is 10.9. The molecule has 146 valence electrons. The third-order valence-electron chi connectivity index (χ3n) is 7.15. The van der Waals surface area contributed by atoms with Crippen LogP contribution in [0.3, 0.4) is 0 Å². The SMILES string of the molecule is [2H]C1(CCC2CCC(C3CCC(CCC)CC3)CC2)C=CC(C#N)C([2H])(F)C1([2H])[2H]. The molecule has 2 heteroatoms. The van der Waals surface area contributed by atoms with Gasteiger partial charge in [-0.05, 0) is 74.5 Å². The van der Waals surface area contributed by atoms with Crippen molar-refractivity contribution in [1.82, 2.24) is 0 Å². The average Bonchev–Trinajstić information content (AvgIpc) is 2.73. The number of allylic oxidation sites excluding steroid dienone is 2. The maximum Gasteiger partial charge on any atom is 0.120 e. The molecule has 0 bridgehead atoms. The molecular weight excluding hydrogens is 321 g/mol. The molecule has 0 heterocycles. The highest BCUT2D eigenvalue weighted by atomic mass is 19.1. The summed E-state index contributed by atoms with van der Waals surface area (Å²) in [7, 11) is 0. The first kappa shape index (κ1) is 15.1. The van der Waals surface area contributed by atoms with E-state index in [4.69, 9.17) is 10.7 Å². The fraction of sp³-hybridized carbons (Fsp3) is 0.875. The van der Waals surface area contributed by atoms with Crippen molar-refractivity contribution in [2.45, 2.75) is 96.5 Å². The second-order valence-electron chi connectivity index (χ2n) is 8.85. The van der Waals surface area contributed by atoms with Crippen LogP contribution in [0.2, 0.25) is 0 Å². The van der Waals surface area contributed by atoms with E-state index in [-0.39, 0.29) is 6.42 Å². The van der Waals surface area contributed by atoms with Gasteiger partial charge in [0.15, 0.2) is 0 Å². The quantitative estimate of drug-likeness (QED) is 0.456. The Morgan fingerprint density at radius 3 is 2.08 bits per heavy atom. The standard InChI is InChI=1S/C24H38FN/c1-2-3-18-6-11-21(12-7-18)22-13-8-19(9-14-22)4-5-20-10-15-23(17-26)24(25)16-20/h10,15,18-24H,2-9,11-14,16H2,1H3/i16D2,20D,24D. The van der Waals surface area contributed by atoms with Gasteiger partial charge in [0, 0.05) is 4.11 Å². The van der Waals surface area contributed by atoms with Gasteiger partial charge in [-0.25, -0.2) is 4.39 Å². The second-order valence-corrected chi connectivity index (χ2v) is 8.85. The predicted octanol–water partition coefficient (Wildman–Crippen LogP) is 7.23. The molecule has 3 aliphatic carbocycles. The molecule has 0 radical (unpaired) electrons. The van der Waals surface area contributed by atoms with Crippen LogP contribution < -0.4 is 0 Å². The second kappa shape index (κ2) is 9.91. The van der Waals surface area contributed by atoms with Gasteiger partial charge >= 0.3 is 0 Å². The van der Waals surface area contributed by atoms with Crippen LogP contribution in [0.15, 0.2) is 12.2 Å². The number of nitrogens with zero attached hydrogens (tertiary/aromatic N) is 1. The summed E-state index contributed by atoms with van der Waals surface area (Å²) in [6.45, 7) is 2.28. The Kier molecular flexibility index (Phi) is 5.77. The minimum Gasteiger partial charge on any atom is -0.246 e. The molecule has 3 rings (SSSR count). The number of alkyl halides is 1. The monoisotopic (exact) mass is 363 g/mol. The van der Waals surface area contributed by atoms with Gasteiger partial charge in [0.25, 0.3) is 0 Å². The lowest BCUT2D eigenvalue weighted by molar-refractivity contribution is 0.138. The number of nitriles is 1. The van der Waals surface area contributed by atoms with E-state index in [1.165, 1.54) is 63.5 Å². The Morgan fingerprint density at radius 1 is 0.962 bits per heavy atom. The fourth-order valence-electron chi connectivity index (χ4n) is 5.48. The van der Waals surface area contributed by atoms with Gasteiger partial charge in [-0.3, -0.25) is 0 Å². The highest BCUT2D eigenvalue weighted by Crippen LogP contribution is 2.43.